The zero-order valence-electron chi connectivity index (χ0n) is 6.44. The van der Waals surface area contributed by atoms with E-state index < -0.39 is 17.8 Å². The van der Waals surface area contributed by atoms with Gasteiger partial charge in [-0.2, -0.15) is 0 Å². The Balaban J connectivity index is 0. The summed E-state index contributed by atoms with van der Waals surface area (Å²) in [5.41, 5.74) is 0. The first-order valence-corrected chi connectivity index (χ1v) is 5.61. The third-order valence-electron chi connectivity index (χ3n) is 0.529. The Kier molecular flexibility index (Phi) is 6.54. The minimum absolute atomic E-state index is 0. The van der Waals surface area contributed by atoms with E-state index in [4.69, 9.17) is 4.89 Å². The van der Waals surface area contributed by atoms with Gasteiger partial charge in [0.2, 0.25) is 10.0 Å². The first kappa shape index (κ1) is 14.6. The van der Waals surface area contributed by atoms with Gasteiger partial charge in [0.25, 0.3) is 0 Å². The second-order valence-electron chi connectivity index (χ2n) is 1.57. The zero-order chi connectivity index (χ0) is 8.41. The van der Waals surface area contributed by atoms with Crippen LogP contribution in [-0.4, -0.2) is 56.2 Å². The first-order chi connectivity index (χ1) is 4.27. The zero-order valence-corrected chi connectivity index (χ0v) is 10.1. The molecule has 0 aliphatic rings. The Labute approximate surface area is 87.3 Å². The molecule has 6 nitrogen and oxygen atoms in total. The smallest absolute Gasteiger partial charge is 0.312 e. The molecular weight excluding hydrogens is 204 g/mol. The monoisotopic (exact) mass is 212 g/mol. The van der Waals surface area contributed by atoms with Gasteiger partial charge in [0.1, 0.15) is 0 Å². The summed E-state index contributed by atoms with van der Waals surface area (Å²) in [5.74, 6) is 0. The molecule has 1 radical (unpaired) electrons. The summed E-state index contributed by atoms with van der Waals surface area (Å²) in [6.45, 7) is 0. The van der Waals surface area contributed by atoms with Crippen LogP contribution in [0.25, 0.3) is 0 Å². The molecule has 11 heavy (non-hydrogen) atoms. The largest absolute Gasteiger partial charge is 0.416 e. The molecule has 0 rings (SSSR count). The van der Waals surface area contributed by atoms with Crippen LogP contribution in [0.1, 0.15) is 0 Å². The molecule has 0 fully saturated rings. The van der Waals surface area contributed by atoms with Gasteiger partial charge in [0.15, 0.2) is 0 Å². The summed E-state index contributed by atoms with van der Waals surface area (Å²) in [5, 5.41) is 0. The average molecular weight is 212 g/mol. The molecule has 0 heterocycles. The summed E-state index contributed by atoms with van der Waals surface area (Å²) in [6, 6.07) is 0. The van der Waals surface area contributed by atoms with E-state index in [1.165, 1.54) is 4.49 Å². The van der Waals surface area contributed by atoms with E-state index in [1.54, 1.807) is 0 Å². The standard InChI is InChI=1S/C2H8NO5PS.Na/c1-8-9(4,5)3-10(2,6)7;/h1-2H3,(H2,3,4,5);. The van der Waals surface area contributed by atoms with Crippen molar-refractivity contribution in [2.75, 3.05) is 13.4 Å². The maximum atomic E-state index is 10.4. The fourth-order valence-electron chi connectivity index (χ4n) is 0.247. The van der Waals surface area contributed by atoms with Crippen molar-refractivity contribution in [3.63, 3.8) is 0 Å². The van der Waals surface area contributed by atoms with Gasteiger partial charge in [0, 0.05) is 36.7 Å². The normalized spacial score (nSPS) is 16.6. The van der Waals surface area contributed by atoms with E-state index in [2.05, 4.69) is 4.52 Å². The van der Waals surface area contributed by atoms with Gasteiger partial charge >= 0.3 is 7.75 Å². The van der Waals surface area contributed by atoms with Crippen LogP contribution in [0.4, 0.5) is 0 Å². The molecule has 0 aromatic heterocycles. The maximum absolute atomic E-state index is 10.4. The van der Waals surface area contributed by atoms with Gasteiger partial charge in [-0.3, -0.25) is 4.52 Å². The van der Waals surface area contributed by atoms with E-state index >= 15 is 0 Å². The molecule has 1 unspecified atom stereocenters. The van der Waals surface area contributed by atoms with E-state index in [0.29, 0.717) is 0 Å². The first-order valence-electron chi connectivity index (χ1n) is 2.14. The molecule has 0 saturated heterocycles. The van der Waals surface area contributed by atoms with Gasteiger partial charge in [0.05, 0.1) is 6.26 Å². The molecule has 0 aliphatic carbocycles. The molecule has 9 heteroatoms. The Morgan fingerprint density at radius 1 is 1.55 bits per heavy atom. The Bertz CT molecular complexity index is 249. The maximum Gasteiger partial charge on any atom is 0.416 e. The van der Waals surface area contributed by atoms with Crippen LogP contribution >= 0.6 is 7.75 Å². The summed E-state index contributed by atoms with van der Waals surface area (Å²) in [4.78, 5) is 8.50. The molecule has 2 N–H and O–H groups in total. The third kappa shape index (κ3) is 8.97. The van der Waals surface area contributed by atoms with Gasteiger partial charge < -0.3 is 4.89 Å². The topological polar surface area (TPSA) is 92.7 Å². The summed E-state index contributed by atoms with van der Waals surface area (Å²) < 4.78 is 36.3. The molecule has 0 amide bonds. The van der Waals surface area contributed by atoms with Crippen molar-refractivity contribution in [1.82, 2.24) is 4.49 Å². The fourth-order valence-corrected chi connectivity index (χ4v) is 2.22. The van der Waals surface area contributed by atoms with Gasteiger partial charge in [-0.15, -0.1) is 4.49 Å². The van der Waals surface area contributed by atoms with E-state index in [0.717, 1.165) is 13.4 Å². The molecule has 1 atom stereocenters. The Morgan fingerprint density at radius 2 is 1.91 bits per heavy atom. The predicted octanol–water partition coefficient (Wildman–Crippen LogP) is -1.10. The second kappa shape index (κ2) is 4.94. The van der Waals surface area contributed by atoms with E-state index in [1.807, 2.05) is 0 Å². The van der Waals surface area contributed by atoms with Crippen molar-refractivity contribution in [2.45, 2.75) is 0 Å². The van der Waals surface area contributed by atoms with Crippen molar-refractivity contribution in [3.05, 3.63) is 0 Å². The van der Waals surface area contributed by atoms with Crippen LogP contribution in [0.2, 0.25) is 0 Å². The summed E-state index contributed by atoms with van der Waals surface area (Å²) in [6.07, 6.45) is 0.759. The quantitative estimate of drug-likeness (QED) is 0.457. The SMILES string of the molecule is COP(=O)(O)NS(C)(=O)=O.[Na]. The molecule has 0 bridgehead atoms. The van der Waals surface area contributed by atoms with E-state index in [9.17, 15) is 13.0 Å². The summed E-state index contributed by atoms with van der Waals surface area (Å²) >= 11 is 0. The van der Waals surface area contributed by atoms with Crippen molar-refractivity contribution in [1.29, 1.82) is 0 Å². The summed E-state index contributed by atoms with van der Waals surface area (Å²) in [7, 11) is -6.89. The number of hydrogen-bond acceptors (Lipinski definition) is 4. The van der Waals surface area contributed by atoms with Crippen molar-refractivity contribution in [3.8, 4) is 0 Å². The van der Waals surface area contributed by atoms with Crippen LogP contribution in [0.3, 0.4) is 0 Å². The van der Waals surface area contributed by atoms with Crippen molar-refractivity contribution < 1.29 is 22.4 Å². The van der Waals surface area contributed by atoms with Crippen LogP contribution in [-0.2, 0) is 19.1 Å². The fraction of sp³-hybridized carbons (Fsp3) is 1.00. The molecule has 0 aromatic carbocycles. The van der Waals surface area contributed by atoms with Crippen LogP contribution in [0.15, 0.2) is 0 Å². The second-order valence-corrected chi connectivity index (χ2v) is 5.25. The molecular formula is C2H8NNaO5PS. The molecule has 0 spiro atoms. The van der Waals surface area contributed by atoms with Gasteiger partial charge in [-0.25, -0.2) is 13.0 Å². The van der Waals surface area contributed by atoms with E-state index in [-0.39, 0.29) is 29.6 Å². The van der Waals surface area contributed by atoms with Crippen LogP contribution in [0.5, 0.6) is 0 Å². The number of rotatable bonds is 3. The molecule has 0 saturated carbocycles. The minimum atomic E-state index is -4.13. The Hall–Kier alpha value is 1.06. The number of nitrogens with one attached hydrogen (secondary N) is 1. The Morgan fingerprint density at radius 3 is 2.00 bits per heavy atom. The number of sulfonamides is 1. The number of hydrogen-bond donors (Lipinski definition) is 2. The molecule has 63 valence electrons. The predicted molar refractivity (Wildman–Crippen MR) is 40.6 cm³/mol. The van der Waals surface area contributed by atoms with Crippen LogP contribution < -0.4 is 4.49 Å². The van der Waals surface area contributed by atoms with Crippen LogP contribution in [0, 0.1) is 0 Å². The minimum Gasteiger partial charge on any atom is -0.312 e. The van der Waals surface area contributed by atoms with Crippen molar-refractivity contribution in [2.24, 2.45) is 0 Å². The van der Waals surface area contributed by atoms with Gasteiger partial charge in [-0.05, 0) is 0 Å². The third-order valence-corrected chi connectivity index (χ3v) is 3.27. The molecule has 0 aromatic rings. The van der Waals surface area contributed by atoms with Crippen molar-refractivity contribution >= 4 is 47.3 Å². The average Bonchev–Trinajstić information content (AvgIpc) is 1.60. The molecule has 0 aliphatic heterocycles. The van der Waals surface area contributed by atoms with Gasteiger partial charge in [-0.1, -0.05) is 0 Å².